The molecule has 34 heavy (non-hydrogen) atoms. The Morgan fingerprint density at radius 3 is 1.06 bits per heavy atom. The first-order valence-corrected chi connectivity index (χ1v) is 15.5. The van der Waals surface area contributed by atoms with Crippen LogP contribution in [0.1, 0.15) is 179 Å². The van der Waals surface area contributed by atoms with Crippen LogP contribution >= 0.6 is 0 Å². The summed E-state index contributed by atoms with van der Waals surface area (Å²) in [4.78, 5) is 9.55. The van der Waals surface area contributed by atoms with Crippen LogP contribution < -0.4 is 0 Å². The Balaban J connectivity index is 2.10. The van der Waals surface area contributed by atoms with Crippen LogP contribution in [0.2, 0.25) is 0 Å². The van der Waals surface area contributed by atoms with Gasteiger partial charge in [-0.3, -0.25) is 0 Å². The summed E-state index contributed by atoms with van der Waals surface area (Å²) < 4.78 is 0. The Hall–Kier alpha value is -0.920. The molecule has 1 radical (unpaired) electrons. The number of unbranched alkanes of at least 4 members (excludes halogenated alkanes) is 20. The molecule has 0 fully saturated rings. The van der Waals surface area contributed by atoms with Crippen molar-refractivity contribution in [2.75, 3.05) is 0 Å². The van der Waals surface area contributed by atoms with Gasteiger partial charge in [0.15, 0.2) is 0 Å². The van der Waals surface area contributed by atoms with Gasteiger partial charge in [0.05, 0.1) is 0 Å². The maximum Gasteiger partial charge on any atom is 0.132 e. The van der Waals surface area contributed by atoms with Crippen molar-refractivity contribution in [3.05, 3.63) is 29.7 Å². The molecule has 0 saturated heterocycles. The van der Waals surface area contributed by atoms with Crippen molar-refractivity contribution in [1.82, 2.24) is 9.97 Å². The van der Waals surface area contributed by atoms with Gasteiger partial charge in [-0.15, -0.1) is 0 Å². The first-order valence-electron chi connectivity index (χ1n) is 15.5. The first-order chi connectivity index (χ1) is 16.8. The highest BCUT2D eigenvalue weighted by Crippen LogP contribution is 2.15. The van der Waals surface area contributed by atoms with Gasteiger partial charge in [0, 0.05) is 17.8 Å². The van der Waals surface area contributed by atoms with Crippen LogP contribution in [-0.4, -0.2) is 9.97 Å². The SMILES string of the molecule is C[CH]c1nc(CCCCCCCCCCCCC)cc(CCCCCCCCCCCCC)n1. The van der Waals surface area contributed by atoms with E-state index in [1.165, 1.54) is 153 Å². The van der Waals surface area contributed by atoms with Crippen LogP contribution in [0.25, 0.3) is 0 Å². The monoisotopic (exact) mass is 471 g/mol. The molecule has 2 nitrogen and oxygen atoms in total. The van der Waals surface area contributed by atoms with E-state index < -0.39 is 0 Å². The molecule has 0 aromatic carbocycles. The third-order valence-corrected chi connectivity index (χ3v) is 7.18. The molecule has 0 unspecified atom stereocenters. The Morgan fingerprint density at radius 1 is 0.471 bits per heavy atom. The lowest BCUT2D eigenvalue weighted by atomic mass is 10.0. The van der Waals surface area contributed by atoms with Crippen molar-refractivity contribution < 1.29 is 0 Å². The van der Waals surface area contributed by atoms with Gasteiger partial charge in [-0.05, 0) is 31.7 Å². The van der Waals surface area contributed by atoms with Crippen molar-refractivity contribution >= 4 is 0 Å². The molecule has 1 aromatic rings. The summed E-state index contributed by atoms with van der Waals surface area (Å²) >= 11 is 0. The number of hydrogen-bond donors (Lipinski definition) is 0. The van der Waals surface area contributed by atoms with E-state index in [0.29, 0.717) is 0 Å². The molecule has 1 rings (SSSR count). The van der Waals surface area contributed by atoms with Crippen molar-refractivity contribution in [1.29, 1.82) is 0 Å². The Kier molecular flexibility index (Phi) is 21.8. The van der Waals surface area contributed by atoms with Crippen LogP contribution in [0.4, 0.5) is 0 Å². The predicted molar refractivity (Wildman–Crippen MR) is 151 cm³/mol. The number of aryl methyl sites for hydroxylation is 2. The molecule has 0 atom stereocenters. The van der Waals surface area contributed by atoms with Crippen molar-refractivity contribution in [2.45, 2.75) is 175 Å². The molecule has 197 valence electrons. The molecule has 0 aliphatic rings. The third kappa shape index (κ3) is 18.4. The minimum absolute atomic E-state index is 0.929. The van der Waals surface area contributed by atoms with E-state index in [0.717, 1.165) is 18.7 Å². The van der Waals surface area contributed by atoms with Gasteiger partial charge < -0.3 is 0 Å². The maximum atomic E-state index is 4.77. The summed E-state index contributed by atoms with van der Waals surface area (Å²) in [5.41, 5.74) is 2.52. The average molecular weight is 472 g/mol. The standard InChI is InChI=1S/C32H59N2/c1-4-7-9-11-13-15-17-19-21-23-25-27-30-29-31(34-32(6-3)33-30)28-26-24-22-20-18-16-14-12-10-8-5-2/h6,29H,4-5,7-28H2,1-3H3. The lowest BCUT2D eigenvalue weighted by molar-refractivity contribution is 0.547. The van der Waals surface area contributed by atoms with Crippen LogP contribution in [0.3, 0.4) is 0 Å². The Morgan fingerprint density at radius 2 is 0.765 bits per heavy atom. The van der Waals surface area contributed by atoms with E-state index in [4.69, 9.17) is 9.97 Å². The second-order valence-electron chi connectivity index (χ2n) is 10.6. The van der Waals surface area contributed by atoms with Gasteiger partial charge in [-0.25, -0.2) is 9.97 Å². The Bertz CT molecular complexity index is 510. The number of aromatic nitrogens is 2. The number of hydrogen-bond acceptors (Lipinski definition) is 2. The quantitative estimate of drug-likeness (QED) is 0.132. The summed E-state index contributed by atoms with van der Waals surface area (Å²) in [7, 11) is 0. The molecule has 0 spiro atoms. The van der Waals surface area contributed by atoms with Crippen molar-refractivity contribution in [2.24, 2.45) is 0 Å². The van der Waals surface area contributed by atoms with Crippen molar-refractivity contribution in [3.8, 4) is 0 Å². The average Bonchev–Trinajstić information content (AvgIpc) is 2.85. The van der Waals surface area contributed by atoms with E-state index in [-0.39, 0.29) is 0 Å². The second kappa shape index (κ2) is 23.8. The van der Waals surface area contributed by atoms with Gasteiger partial charge in [0.2, 0.25) is 0 Å². The van der Waals surface area contributed by atoms with Gasteiger partial charge in [-0.2, -0.15) is 0 Å². The molecule has 1 aromatic heterocycles. The smallest absolute Gasteiger partial charge is 0.132 e. The second-order valence-corrected chi connectivity index (χ2v) is 10.6. The highest BCUT2D eigenvalue weighted by Gasteiger charge is 2.05. The predicted octanol–water partition coefficient (Wildman–Crippen LogP) is 10.8. The zero-order chi connectivity index (χ0) is 24.5. The zero-order valence-electron chi connectivity index (χ0n) is 23.5. The van der Waals surface area contributed by atoms with Gasteiger partial charge in [-0.1, -0.05) is 149 Å². The summed E-state index contributed by atoms with van der Waals surface area (Å²) in [5, 5.41) is 0. The summed E-state index contributed by atoms with van der Waals surface area (Å²) in [6.45, 7) is 6.65. The fraction of sp³-hybridized carbons (Fsp3) is 0.844. The molecule has 0 N–H and O–H groups in total. The molecule has 0 aliphatic heterocycles. The van der Waals surface area contributed by atoms with Crippen LogP contribution in [0.5, 0.6) is 0 Å². The molecule has 0 amide bonds. The zero-order valence-corrected chi connectivity index (χ0v) is 23.5. The fourth-order valence-electron chi connectivity index (χ4n) is 4.90. The van der Waals surface area contributed by atoms with Gasteiger partial charge in [0.1, 0.15) is 5.82 Å². The summed E-state index contributed by atoms with van der Waals surface area (Å²) in [6, 6.07) is 2.29. The normalized spacial score (nSPS) is 11.4. The molecular weight excluding hydrogens is 412 g/mol. The minimum Gasteiger partial charge on any atom is -0.238 e. The largest absolute Gasteiger partial charge is 0.238 e. The number of rotatable bonds is 25. The first kappa shape index (κ1) is 31.1. The van der Waals surface area contributed by atoms with E-state index in [9.17, 15) is 0 Å². The van der Waals surface area contributed by atoms with E-state index in [1.807, 2.05) is 0 Å². The minimum atomic E-state index is 0.929. The van der Waals surface area contributed by atoms with Crippen LogP contribution in [0.15, 0.2) is 6.07 Å². The highest BCUT2D eigenvalue weighted by atomic mass is 14.9. The molecule has 0 aliphatic carbocycles. The molecular formula is C32H59N2. The third-order valence-electron chi connectivity index (χ3n) is 7.18. The molecule has 1 heterocycles. The van der Waals surface area contributed by atoms with E-state index in [1.54, 1.807) is 0 Å². The van der Waals surface area contributed by atoms with Crippen LogP contribution in [-0.2, 0) is 12.8 Å². The summed E-state index contributed by atoms with van der Waals surface area (Å²) in [6.07, 6.45) is 35.1. The lowest BCUT2D eigenvalue weighted by Crippen LogP contribution is -2.02. The van der Waals surface area contributed by atoms with Crippen molar-refractivity contribution in [3.63, 3.8) is 0 Å². The van der Waals surface area contributed by atoms with Gasteiger partial charge >= 0.3 is 0 Å². The topological polar surface area (TPSA) is 25.8 Å². The van der Waals surface area contributed by atoms with Crippen LogP contribution in [0, 0.1) is 6.42 Å². The fourth-order valence-corrected chi connectivity index (χ4v) is 4.90. The Labute approximate surface area is 214 Å². The molecule has 2 heteroatoms. The number of nitrogens with zero attached hydrogens (tertiary/aromatic N) is 2. The summed E-state index contributed by atoms with van der Waals surface area (Å²) in [5.74, 6) is 0.929. The molecule has 0 saturated carbocycles. The molecule has 0 bridgehead atoms. The van der Waals surface area contributed by atoms with E-state index in [2.05, 4.69) is 33.3 Å². The lowest BCUT2D eigenvalue weighted by Gasteiger charge is -2.08. The highest BCUT2D eigenvalue weighted by molar-refractivity contribution is 5.15. The van der Waals surface area contributed by atoms with Gasteiger partial charge in [0.25, 0.3) is 0 Å². The van der Waals surface area contributed by atoms with E-state index >= 15 is 0 Å². The maximum absolute atomic E-state index is 4.77.